The summed E-state index contributed by atoms with van der Waals surface area (Å²) in [5.74, 6) is 0.808. The average molecular weight is 467 g/mol. The normalized spacial score (nSPS) is 16.1. The Morgan fingerprint density at radius 3 is 2.40 bits per heavy atom. The SMILES string of the molecule is COc1cc(-c2cn(Cc3ccc4c(c3)C(C)(C)CCC4(C)C)nn2)ccc1-c1ccnc(C)c1. The van der Waals surface area contributed by atoms with Gasteiger partial charge in [-0.15, -0.1) is 5.10 Å². The number of aryl methyl sites for hydroxylation is 1. The highest BCUT2D eigenvalue weighted by Gasteiger charge is 2.36. The second kappa shape index (κ2) is 8.63. The Labute approximate surface area is 208 Å². The van der Waals surface area contributed by atoms with E-state index in [4.69, 9.17) is 4.74 Å². The van der Waals surface area contributed by atoms with Crippen LogP contribution in [0.15, 0.2) is 60.9 Å². The molecule has 5 heteroatoms. The molecule has 1 aliphatic rings. The Morgan fingerprint density at radius 1 is 0.886 bits per heavy atom. The predicted molar refractivity (Wildman–Crippen MR) is 141 cm³/mol. The van der Waals surface area contributed by atoms with Crippen molar-refractivity contribution in [2.75, 3.05) is 7.11 Å². The quantitative estimate of drug-likeness (QED) is 0.328. The van der Waals surface area contributed by atoms with E-state index in [9.17, 15) is 0 Å². The van der Waals surface area contributed by atoms with Crippen LogP contribution >= 0.6 is 0 Å². The lowest BCUT2D eigenvalue weighted by molar-refractivity contribution is 0.331. The Morgan fingerprint density at radius 2 is 1.66 bits per heavy atom. The molecule has 5 rings (SSSR count). The van der Waals surface area contributed by atoms with Crippen molar-refractivity contribution >= 4 is 0 Å². The van der Waals surface area contributed by atoms with E-state index in [2.05, 4.69) is 79.4 Å². The zero-order chi connectivity index (χ0) is 24.8. The van der Waals surface area contributed by atoms with Crippen molar-refractivity contribution in [2.24, 2.45) is 0 Å². The summed E-state index contributed by atoms with van der Waals surface area (Å²) < 4.78 is 7.64. The highest BCUT2D eigenvalue weighted by molar-refractivity contribution is 5.75. The molecule has 0 spiro atoms. The lowest BCUT2D eigenvalue weighted by atomic mass is 9.63. The average Bonchev–Trinajstić information content (AvgIpc) is 3.30. The van der Waals surface area contributed by atoms with Crippen molar-refractivity contribution in [2.45, 2.75) is 64.8 Å². The molecular weight excluding hydrogens is 432 g/mol. The van der Waals surface area contributed by atoms with Crippen molar-refractivity contribution in [3.63, 3.8) is 0 Å². The number of nitrogens with zero attached hydrogens (tertiary/aromatic N) is 4. The number of benzene rings is 2. The van der Waals surface area contributed by atoms with Crippen LogP contribution in [0.3, 0.4) is 0 Å². The van der Waals surface area contributed by atoms with Gasteiger partial charge in [0.2, 0.25) is 0 Å². The van der Waals surface area contributed by atoms with Gasteiger partial charge < -0.3 is 4.74 Å². The molecule has 35 heavy (non-hydrogen) atoms. The Bertz CT molecular complexity index is 1380. The fourth-order valence-electron chi connectivity index (χ4n) is 5.23. The number of hydrogen-bond acceptors (Lipinski definition) is 4. The Balaban J connectivity index is 1.41. The lowest BCUT2D eigenvalue weighted by Crippen LogP contribution is -2.33. The number of ether oxygens (including phenoxy) is 1. The van der Waals surface area contributed by atoms with Crippen LogP contribution in [0.25, 0.3) is 22.4 Å². The van der Waals surface area contributed by atoms with Crippen molar-refractivity contribution in [3.8, 4) is 28.1 Å². The second-order valence-corrected chi connectivity index (χ2v) is 11.1. The summed E-state index contributed by atoms with van der Waals surface area (Å²) in [7, 11) is 1.70. The van der Waals surface area contributed by atoms with E-state index < -0.39 is 0 Å². The van der Waals surface area contributed by atoms with Crippen LogP contribution in [0.1, 0.15) is 62.9 Å². The summed E-state index contributed by atoms with van der Waals surface area (Å²) >= 11 is 0. The van der Waals surface area contributed by atoms with Gasteiger partial charge >= 0.3 is 0 Å². The molecule has 4 aromatic rings. The molecule has 0 amide bonds. The van der Waals surface area contributed by atoms with Crippen LogP contribution in [0.4, 0.5) is 0 Å². The van der Waals surface area contributed by atoms with E-state index in [-0.39, 0.29) is 10.8 Å². The molecule has 0 aliphatic heterocycles. The summed E-state index contributed by atoms with van der Waals surface area (Å²) in [6.07, 6.45) is 6.27. The molecule has 0 atom stereocenters. The molecule has 0 fully saturated rings. The van der Waals surface area contributed by atoms with E-state index in [1.807, 2.05) is 36.1 Å². The Hall–Kier alpha value is -3.47. The van der Waals surface area contributed by atoms with Crippen LogP contribution in [-0.2, 0) is 17.4 Å². The van der Waals surface area contributed by atoms with Crippen molar-refractivity contribution in [1.82, 2.24) is 20.0 Å². The number of pyridine rings is 1. The molecule has 2 aromatic carbocycles. The molecular formula is C30H34N4O. The van der Waals surface area contributed by atoms with Gasteiger partial charge in [-0.1, -0.05) is 57.2 Å². The molecule has 2 aromatic heterocycles. The molecule has 2 heterocycles. The fraction of sp³-hybridized carbons (Fsp3) is 0.367. The van der Waals surface area contributed by atoms with Gasteiger partial charge in [0, 0.05) is 23.0 Å². The molecule has 1 aliphatic carbocycles. The first kappa shape index (κ1) is 23.3. The smallest absolute Gasteiger partial charge is 0.127 e. The van der Waals surface area contributed by atoms with E-state index in [1.165, 1.54) is 29.5 Å². The van der Waals surface area contributed by atoms with Gasteiger partial charge in [-0.05, 0) is 77.1 Å². The van der Waals surface area contributed by atoms with Crippen LogP contribution in [0.5, 0.6) is 5.75 Å². The van der Waals surface area contributed by atoms with Crippen LogP contribution in [0.2, 0.25) is 0 Å². The van der Waals surface area contributed by atoms with E-state index in [0.717, 1.165) is 33.8 Å². The largest absolute Gasteiger partial charge is 0.496 e. The van der Waals surface area contributed by atoms with Gasteiger partial charge in [0.05, 0.1) is 19.9 Å². The lowest BCUT2D eigenvalue weighted by Gasteiger charge is -2.42. The van der Waals surface area contributed by atoms with Crippen LogP contribution in [0, 0.1) is 6.92 Å². The fourth-order valence-corrected chi connectivity index (χ4v) is 5.23. The highest BCUT2D eigenvalue weighted by Crippen LogP contribution is 2.46. The molecule has 0 saturated heterocycles. The number of methoxy groups -OCH3 is 1. The van der Waals surface area contributed by atoms with Crippen molar-refractivity contribution in [3.05, 3.63) is 83.3 Å². The minimum Gasteiger partial charge on any atom is -0.496 e. The summed E-state index contributed by atoms with van der Waals surface area (Å²) in [6.45, 7) is 12.1. The third-order valence-corrected chi connectivity index (χ3v) is 7.51. The number of aromatic nitrogens is 4. The van der Waals surface area contributed by atoms with Gasteiger partial charge in [-0.2, -0.15) is 0 Å². The second-order valence-electron chi connectivity index (χ2n) is 11.1. The maximum absolute atomic E-state index is 5.72. The number of rotatable bonds is 5. The molecule has 180 valence electrons. The predicted octanol–water partition coefficient (Wildman–Crippen LogP) is 6.72. The third kappa shape index (κ3) is 4.47. The number of fused-ring (bicyclic) bond motifs is 1. The topological polar surface area (TPSA) is 52.8 Å². The zero-order valence-electron chi connectivity index (χ0n) is 21.6. The maximum atomic E-state index is 5.72. The molecule has 0 bridgehead atoms. The Kier molecular flexibility index (Phi) is 5.74. The van der Waals surface area contributed by atoms with Crippen molar-refractivity contribution in [1.29, 1.82) is 0 Å². The standard InChI is InChI=1S/C30H34N4O/c1-20-15-22(11-14-31-20)24-9-8-23(17-28(24)35-6)27-19-34(33-32-27)18-21-7-10-25-26(16-21)30(4,5)13-12-29(25,2)3/h7-11,14-17,19H,12-13,18H2,1-6H3. The molecule has 0 unspecified atom stereocenters. The zero-order valence-corrected chi connectivity index (χ0v) is 21.6. The summed E-state index contributed by atoms with van der Waals surface area (Å²) in [6, 6.07) is 17.2. The summed E-state index contributed by atoms with van der Waals surface area (Å²) in [4.78, 5) is 4.30. The van der Waals surface area contributed by atoms with Gasteiger partial charge in [-0.3, -0.25) is 4.98 Å². The van der Waals surface area contributed by atoms with Gasteiger partial charge in [0.25, 0.3) is 0 Å². The van der Waals surface area contributed by atoms with Crippen LogP contribution < -0.4 is 4.74 Å². The third-order valence-electron chi connectivity index (χ3n) is 7.51. The molecule has 0 radical (unpaired) electrons. The van der Waals surface area contributed by atoms with Gasteiger partial charge in [0.15, 0.2) is 0 Å². The van der Waals surface area contributed by atoms with E-state index in [1.54, 1.807) is 7.11 Å². The van der Waals surface area contributed by atoms with Crippen LogP contribution in [-0.4, -0.2) is 27.1 Å². The minimum atomic E-state index is 0.194. The minimum absolute atomic E-state index is 0.194. The van der Waals surface area contributed by atoms with Gasteiger partial charge in [-0.25, -0.2) is 4.68 Å². The highest BCUT2D eigenvalue weighted by atomic mass is 16.5. The monoisotopic (exact) mass is 466 g/mol. The first-order valence-corrected chi connectivity index (χ1v) is 12.3. The first-order valence-electron chi connectivity index (χ1n) is 12.3. The number of hydrogen-bond donors (Lipinski definition) is 0. The molecule has 0 N–H and O–H groups in total. The maximum Gasteiger partial charge on any atom is 0.127 e. The molecule has 0 saturated carbocycles. The first-order chi connectivity index (χ1) is 16.7. The van der Waals surface area contributed by atoms with E-state index >= 15 is 0 Å². The summed E-state index contributed by atoms with van der Waals surface area (Å²) in [5.41, 5.74) is 9.54. The van der Waals surface area contributed by atoms with Gasteiger partial charge in [0.1, 0.15) is 11.4 Å². The summed E-state index contributed by atoms with van der Waals surface area (Å²) in [5, 5.41) is 8.89. The molecule has 5 nitrogen and oxygen atoms in total. The van der Waals surface area contributed by atoms with E-state index in [0.29, 0.717) is 6.54 Å². The van der Waals surface area contributed by atoms with Crippen molar-refractivity contribution < 1.29 is 4.74 Å².